The number of anilines is 1. The Bertz CT molecular complexity index is 1170. The average Bonchev–Trinajstić information content (AvgIpc) is 2.82. The van der Waals surface area contributed by atoms with Gasteiger partial charge in [-0.1, -0.05) is 35.0 Å². The van der Waals surface area contributed by atoms with E-state index in [1.807, 2.05) is 31.2 Å². The Morgan fingerprint density at radius 3 is 2.49 bits per heavy atom. The molecule has 35 heavy (non-hydrogen) atoms. The summed E-state index contributed by atoms with van der Waals surface area (Å²) in [5.74, 6) is 0.107. The molecule has 1 atom stereocenters. The molecular weight excluding hydrogens is 538 g/mol. The third-order valence-corrected chi connectivity index (χ3v) is 7.09. The molecule has 1 unspecified atom stereocenters. The lowest BCUT2D eigenvalue weighted by Crippen LogP contribution is -2.51. The first-order chi connectivity index (χ1) is 16.6. The Morgan fingerprint density at radius 1 is 1.11 bits per heavy atom. The van der Waals surface area contributed by atoms with Crippen LogP contribution in [0, 0.1) is 0 Å². The second kappa shape index (κ2) is 11.8. The van der Waals surface area contributed by atoms with Crippen LogP contribution in [0.4, 0.5) is 5.69 Å². The fraction of sp³-hybridized carbons (Fsp3) is 0.417. The SMILES string of the molecule is CCCNC(=O)C(C)N(Cc1cccc(Br)c1)C(=O)CN(c1ccc2c(c1)OCCO2)S(C)(=O)=O. The zero-order valence-corrected chi connectivity index (χ0v) is 22.4. The van der Waals surface area contributed by atoms with Gasteiger partial charge in [0.25, 0.3) is 0 Å². The standard InChI is InChI=1S/C24H30BrN3O6S/c1-4-10-26-24(30)17(2)27(15-18-6-5-7-19(25)13-18)23(29)16-28(35(3,31)32)20-8-9-21-22(14-20)34-12-11-33-21/h5-9,13-14,17H,4,10-12,15-16H2,1-3H3,(H,26,30). The molecular formula is C24H30BrN3O6S. The minimum absolute atomic E-state index is 0.137. The highest BCUT2D eigenvalue weighted by Crippen LogP contribution is 2.34. The fourth-order valence-electron chi connectivity index (χ4n) is 3.61. The maximum atomic E-state index is 13.5. The Hall–Kier alpha value is -2.79. The van der Waals surface area contributed by atoms with Crippen molar-refractivity contribution in [3.8, 4) is 11.5 Å². The van der Waals surface area contributed by atoms with Crippen LogP contribution in [0.15, 0.2) is 46.9 Å². The molecule has 3 rings (SSSR count). The van der Waals surface area contributed by atoms with Crippen LogP contribution in [-0.4, -0.2) is 63.7 Å². The van der Waals surface area contributed by atoms with Gasteiger partial charge in [-0.05, 0) is 43.2 Å². The molecule has 1 aliphatic heterocycles. The van der Waals surface area contributed by atoms with Gasteiger partial charge in [0.2, 0.25) is 21.8 Å². The largest absolute Gasteiger partial charge is 0.486 e. The number of amides is 2. The number of ether oxygens (including phenoxy) is 2. The molecule has 1 heterocycles. The molecule has 190 valence electrons. The Kier molecular flexibility index (Phi) is 9.01. The van der Waals surface area contributed by atoms with Crippen molar-refractivity contribution in [1.82, 2.24) is 10.2 Å². The van der Waals surface area contributed by atoms with E-state index in [0.717, 1.165) is 27.0 Å². The molecule has 0 radical (unpaired) electrons. The molecule has 0 fully saturated rings. The molecule has 1 N–H and O–H groups in total. The van der Waals surface area contributed by atoms with Crippen molar-refractivity contribution in [3.05, 3.63) is 52.5 Å². The number of benzene rings is 2. The normalized spacial score (nSPS) is 13.6. The third-order valence-electron chi connectivity index (χ3n) is 5.45. The molecule has 0 spiro atoms. The number of nitrogens with zero attached hydrogens (tertiary/aromatic N) is 2. The lowest BCUT2D eigenvalue weighted by molar-refractivity contribution is -0.139. The van der Waals surface area contributed by atoms with E-state index in [4.69, 9.17) is 9.47 Å². The molecule has 0 saturated heterocycles. The van der Waals surface area contributed by atoms with E-state index >= 15 is 0 Å². The zero-order valence-electron chi connectivity index (χ0n) is 20.0. The molecule has 9 nitrogen and oxygen atoms in total. The van der Waals surface area contributed by atoms with Gasteiger partial charge in [0, 0.05) is 23.6 Å². The van der Waals surface area contributed by atoms with Gasteiger partial charge in [-0.2, -0.15) is 0 Å². The molecule has 2 aromatic rings. The van der Waals surface area contributed by atoms with Crippen molar-refractivity contribution in [2.45, 2.75) is 32.9 Å². The van der Waals surface area contributed by atoms with E-state index in [1.54, 1.807) is 25.1 Å². The molecule has 0 bridgehead atoms. The van der Waals surface area contributed by atoms with Gasteiger partial charge in [0.15, 0.2) is 11.5 Å². The second-order valence-electron chi connectivity index (χ2n) is 8.22. The summed E-state index contributed by atoms with van der Waals surface area (Å²) in [6.07, 6.45) is 1.79. The van der Waals surface area contributed by atoms with E-state index in [2.05, 4.69) is 21.2 Å². The number of hydrogen-bond donors (Lipinski definition) is 1. The number of fused-ring (bicyclic) bond motifs is 1. The Morgan fingerprint density at radius 2 is 1.83 bits per heavy atom. The number of carbonyl (C=O) groups excluding carboxylic acids is 2. The van der Waals surface area contributed by atoms with E-state index < -0.39 is 28.5 Å². The summed E-state index contributed by atoms with van der Waals surface area (Å²) in [7, 11) is -3.83. The smallest absolute Gasteiger partial charge is 0.244 e. The summed E-state index contributed by atoms with van der Waals surface area (Å²) in [5.41, 5.74) is 1.07. The monoisotopic (exact) mass is 567 g/mol. The lowest BCUT2D eigenvalue weighted by atomic mass is 10.1. The van der Waals surface area contributed by atoms with Crippen LogP contribution in [0.2, 0.25) is 0 Å². The topological polar surface area (TPSA) is 105 Å². The Labute approximate surface area is 214 Å². The van der Waals surface area contributed by atoms with Crippen LogP contribution in [0.1, 0.15) is 25.8 Å². The number of halogens is 1. The van der Waals surface area contributed by atoms with Crippen molar-refractivity contribution in [3.63, 3.8) is 0 Å². The van der Waals surface area contributed by atoms with Crippen LogP contribution in [0.25, 0.3) is 0 Å². The summed E-state index contributed by atoms with van der Waals surface area (Å²) in [5, 5.41) is 2.81. The summed E-state index contributed by atoms with van der Waals surface area (Å²) in [6, 6.07) is 11.3. The first-order valence-electron chi connectivity index (χ1n) is 11.3. The Balaban J connectivity index is 1.90. The van der Waals surface area contributed by atoms with Gasteiger partial charge in [-0.25, -0.2) is 8.42 Å². The van der Waals surface area contributed by atoms with Crippen molar-refractivity contribution in [1.29, 1.82) is 0 Å². The van der Waals surface area contributed by atoms with E-state index in [0.29, 0.717) is 31.3 Å². The lowest BCUT2D eigenvalue weighted by Gasteiger charge is -2.31. The maximum Gasteiger partial charge on any atom is 0.244 e. The van der Waals surface area contributed by atoms with Crippen LogP contribution in [0.5, 0.6) is 11.5 Å². The highest BCUT2D eigenvalue weighted by Gasteiger charge is 2.30. The molecule has 0 saturated carbocycles. The molecule has 2 aromatic carbocycles. The van der Waals surface area contributed by atoms with Crippen molar-refractivity contribution < 1.29 is 27.5 Å². The number of carbonyl (C=O) groups is 2. The number of rotatable bonds is 10. The minimum atomic E-state index is -3.83. The summed E-state index contributed by atoms with van der Waals surface area (Å²) < 4.78 is 38.3. The molecule has 0 aliphatic carbocycles. The fourth-order valence-corrected chi connectivity index (χ4v) is 4.90. The molecule has 11 heteroatoms. The zero-order chi connectivity index (χ0) is 25.6. The number of nitrogens with one attached hydrogen (secondary N) is 1. The molecule has 2 amide bonds. The van der Waals surface area contributed by atoms with Crippen LogP contribution in [0.3, 0.4) is 0 Å². The maximum absolute atomic E-state index is 13.5. The second-order valence-corrected chi connectivity index (χ2v) is 11.0. The van der Waals surface area contributed by atoms with Gasteiger partial charge in [0.1, 0.15) is 25.8 Å². The third kappa shape index (κ3) is 7.11. The summed E-state index contributed by atoms with van der Waals surface area (Å²) in [6.45, 7) is 4.47. The van der Waals surface area contributed by atoms with Crippen LogP contribution >= 0.6 is 15.9 Å². The first kappa shape index (κ1) is 26.8. The van der Waals surface area contributed by atoms with E-state index in [9.17, 15) is 18.0 Å². The number of sulfonamides is 1. The molecule has 0 aromatic heterocycles. The van der Waals surface area contributed by atoms with E-state index in [-0.39, 0.29) is 18.1 Å². The van der Waals surface area contributed by atoms with Crippen LogP contribution in [-0.2, 0) is 26.2 Å². The average molecular weight is 568 g/mol. The minimum Gasteiger partial charge on any atom is -0.486 e. The van der Waals surface area contributed by atoms with Crippen molar-refractivity contribution >= 4 is 43.5 Å². The predicted octanol–water partition coefficient (Wildman–Crippen LogP) is 2.93. The van der Waals surface area contributed by atoms with E-state index in [1.165, 1.54) is 4.90 Å². The van der Waals surface area contributed by atoms with Gasteiger partial charge in [-0.15, -0.1) is 0 Å². The number of hydrogen-bond acceptors (Lipinski definition) is 6. The van der Waals surface area contributed by atoms with Gasteiger partial charge in [-0.3, -0.25) is 13.9 Å². The van der Waals surface area contributed by atoms with Gasteiger partial charge < -0.3 is 19.7 Å². The van der Waals surface area contributed by atoms with Crippen molar-refractivity contribution in [2.24, 2.45) is 0 Å². The summed E-state index contributed by atoms with van der Waals surface area (Å²) in [4.78, 5) is 27.7. The van der Waals surface area contributed by atoms with Gasteiger partial charge in [0.05, 0.1) is 11.9 Å². The molecule has 1 aliphatic rings. The highest BCUT2D eigenvalue weighted by molar-refractivity contribution is 9.10. The van der Waals surface area contributed by atoms with Gasteiger partial charge >= 0.3 is 0 Å². The van der Waals surface area contributed by atoms with Crippen molar-refractivity contribution in [2.75, 3.05) is 36.9 Å². The first-order valence-corrected chi connectivity index (χ1v) is 13.9. The van der Waals surface area contributed by atoms with Crippen LogP contribution < -0.4 is 19.1 Å². The predicted molar refractivity (Wildman–Crippen MR) is 137 cm³/mol. The summed E-state index contributed by atoms with van der Waals surface area (Å²) >= 11 is 3.42. The quantitative estimate of drug-likeness (QED) is 0.473. The highest BCUT2D eigenvalue weighted by atomic mass is 79.9.